The summed E-state index contributed by atoms with van der Waals surface area (Å²) in [5.41, 5.74) is 2.74. The van der Waals surface area contributed by atoms with Crippen LogP contribution in [0, 0.1) is 6.92 Å². The number of hydrogen-bond acceptors (Lipinski definition) is 7. The van der Waals surface area contributed by atoms with Gasteiger partial charge in [-0.05, 0) is 43.3 Å². The van der Waals surface area contributed by atoms with Gasteiger partial charge in [-0.1, -0.05) is 23.5 Å². The number of fused-ring (bicyclic) bond motifs is 1. The predicted molar refractivity (Wildman–Crippen MR) is 120 cm³/mol. The Balaban J connectivity index is 1.52. The second-order valence-corrected chi connectivity index (χ2v) is 9.75. The first-order valence-corrected chi connectivity index (χ1v) is 12.1. The molecule has 1 amide bonds. The third kappa shape index (κ3) is 3.73. The molecule has 0 aliphatic carbocycles. The topological polar surface area (TPSA) is 55.3 Å². The van der Waals surface area contributed by atoms with Crippen molar-refractivity contribution in [3.63, 3.8) is 0 Å². The minimum absolute atomic E-state index is 0.0453. The van der Waals surface area contributed by atoms with Crippen LogP contribution in [0.1, 0.15) is 28.2 Å². The Morgan fingerprint density at radius 3 is 2.90 bits per heavy atom. The summed E-state index contributed by atoms with van der Waals surface area (Å²) in [6, 6.07) is 10.0. The van der Waals surface area contributed by atoms with E-state index in [1.165, 1.54) is 11.3 Å². The molecule has 1 aromatic carbocycles. The number of thiazole rings is 2. The molecule has 5 nitrogen and oxygen atoms in total. The Bertz CT molecular complexity index is 1110. The van der Waals surface area contributed by atoms with Gasteiger partial charge in [-0.3, -0.25) is 9.69 Å². The number of aryl methyl sites for hydroxylation is 1. The fourth-order valence-corrected chi connectivity index (χ4v) is 6.14. The van der Waals surface area contributed by atoms with E-state index in [0.29, 0.717) is 11.4 Å². The quantitative estimate of drug-likeness (QED) is 0.404. The number of amides is 1. The highest BCUT2D eigenvalue weighted by Gasteiger charge is 2.29. The Morgan fingerprint density at radius 2 is 2.14 bits per heavy atom. The summed E-state index contributed by atoms with van der Waals surface area (Å²) >= 11 is 4.63. The van der Waals surface area contributed by atoms with Gasteiger partial charge < -0.3 is 4.74 Å². The van der Waals surface area contributed by atoms with Gasteiger partial charge in [0.2, 0.25) is 0 Å². The van der Waals surface area contributed by atoms with Crippen LogP contribution in [0.15, 0.2) is 41.1 Å². The summed E-state index contributed by atoms with van der Waals surface area (Å²) in [5.74, 6) is -0.0453. The van der Waals surface area contributed by atoms with Gasteiger partial charge in [0.15, 0.2) is 5.13 Å². The van der Waals surface area contributed by atoms with Crippen LogP contribution in [0.2, 0.25) is 0 Å². The molecule has 1 saturated heterocycles. The van der Waals surface area contributed by atoms with E-state index < -0.39 is 0 Å². The smallest absolute Gasteiger partial charge is 0.272 e. The lowest BCUT2D eigenvalue weighted by molar-refractivity contribution is 0.0920. The van der Waals surface area contributed by atoms with Crippen LogP contribution in [0.4, 0.5) is 5.13 Å². The van der Waals surface area contributed by atoms with Crippen molar-refractivity contribution in [2.45, 2.75) is 25.9 Å². The molecule has 4 heterocycles. The van der Waals surface area contributed by atoms with Gasteiger partial charge in [-0.2, -0.15) is 11.3 Å². The summed E-state index contributed by atoms with van der Waals surface area (Å²) in [5, 5.41) is 5.69. The maximum atomic E-state index is 13.6. The Labute approximate surface area is 180 Å². The number of aromatic nitrogens is 2. The van der Waals surface area contributed by atoms with Crippen LogP contribution in [0.5, 0.6) is 0 Å². The molecular weight excluding hydrogens is 422 g/mol. The molecule has 29 heavy (non-hydrogen) atoms. The molecule has 1 fully saturated rings. The van der Waals surface area contributed by atoms with Crippen molar-refractivity contribution in [1.82, 2.24) is 9.97 Å². The zero-order valence-corrected chi connectivity index (χ0v) is 18.3. The van der Waals surface area contributed by atoms with E-state index in [9.17, 15) is 4.79 Å². The normalized spacial score (nSPS) is 16.5. The molecule has 3 aromatic heterocycles. The second-order valence-electron chi connectivity index (χ2n) is 6.96. The van der Waals surface area contributed by atoms with Crippen molar-refractivity contribution in [1.29, 1.82) is 0 Å². The molecule has 5 rings (SSSR count). The monoisotopic (exact) mass is 441 g/mol. The minimum Gasteiger partial charge on any atom is -0.376 e. The number of benzene rings is 1. The zero-order chi connectivity index (χ0) is 19.8. The predicted octanol–water partition coefficient (Wildman–Crippen LogP) is 5.62. The van der Waals surface area contributed by atoms with E-state index in [0.717, 1.165) is 51.1 Å². The number of thiophene rings is 1. The molecule has 148 valence electrons. The van der Waals surface area contributed by atoms with Crippen LogP contribution in [-0.4, -0.2) is 35.1 Å². The fourth-order valence-electron chi connectivity index (χ4n) is 3.44. The highest BCUT2D eigenvalue weighted by Crippen LogP contribution is 2.34. The number of rotatable bonds is 5. The highest BCUT2D eigenvalue weighted by molar-refractivity contribution is 7.22. The molecule has 4 aromatic rings. The average Bonchev–Trinajstić information content (AvgIpc) is 3.52. The third-order valence-electron chi connectivity index (χ3n) is 4.93. The van der Waals surface area contributed by atoms with E-state index in [1.54, 1.807) is 27.6 Å². The highest BCUT2D eigenvalue weighted by atomic mass is 32.1. The molecule has 1 atom stereocenters. The zero-order valence-electron chi connectivity index (χ0n) is 15.8. The minimum atomic E-state index is -0.0453. The summed E-state index contributed by atoms with van der Waals surface area (Å²) in [6.07, 6.45) is 2.06. The largest absolute Gasteiger partial charge is 0.376 e. The van der Waals surface area contributed by atoms with E-state index in [2.05, 4.69) is 10.4 Å². The van der Waals surface area contributed by atoms with Gasteiger partial charge in [-0.15, -0.1) is 11.3 Å². The van der Waals surface area contributed by atoms with Crippen LogP contribution in [0.3, 0.4) is 0 Å². The van der Waals surface area contributed by atoms with Gasteiger partial charge in [0, 0.05) is 17.6 Å². The summed E-state index contributed by atoms with van der Waals surface area (Å²) < 4.78 is 6.91. The van der Waals surface area contributed by atoms with Crippen molar-refractivity contribution >= 4 is 55.3 Å². The number of ether oxygens (including phenoxy) is 1. The fraction of sp³-hybridized carbons (Fsp3) is 0.286. The summed E-state index contributed by atoms with van der Waals surface area (Å²) in [7, 11) is 0. The van der Waals surface area contributed by atoms with Crippen molar-refractivity contribution in [2.24, 2.45) is 0 Å². The molecule has 1 aliphatic rings. The Hall–Kier alpha value is -2.13. The van der Waals surface area contributed by atoms with E-state index in [4.69, 9.17) is 9.72 Å². The van der Waals surface area contributed by atoms with E-state index in [-0.39, 0.29) is 12.0 Å². The number of anilines is 1. The van der Waals surface area contributed by atoms with Crippen molar-refractivity contribution in [2.75, 3.05) is 18.1 Å². The van der Waals surface area contributed by atoms with Gasteiger partial charge >= 0.3 is 0 Å². The number of para-hydroxylation sites is 1. The van der Waals surface area contributed by atoms with E-state index >= 15 is 0 Å². The molecule has 0 radical (unpaired) electrons. The molecule has 0 bridgehead atoms. The average molecular weight is 442 g/mol. The molecular formula is C21H19N3O2S3. The second kappa shape index (κ2) is 7.95. The van der Waals surface area contributed by atoms with Crippen molar-refractivity contribution in [3.8, 4) is 10.6 Å². The maximum Gasteiger partial charge on any atom is 0.272 e. The SMILES string of the molecule is Cc1nc(-c2ccsc2)sc1C(=O)N(C[C@@H]1CCCO1)c1nc2ccccc2s1. The standard InChI is InChI=1S/C21H19N3O2S3/c1-13-18(29-19(22-13)14-8-10-27-12-14)20(25)24(11-15-5-4-9-26-15)21-23-16-6-2-3-7-17(16)28-21/h2-3,6-8,10,12,15H,4-5,9,11H2,1H3/t15-/m0/s1. The summed E-state index contributed by atoms with van der Waals surface area (Å²) in [4.78, 5) is 25.5. The Morgan fingerprint density at radius 1 is 1.24 bits per heavy atom. The first kappa shape index (κ1) is 18.9. The van der Waals surface area contributed by atoms with E-state index in [1.807, 2.05) is 42.6 Å². The maximum absolute atomic E-state index is 13.6. The lowest BCUT2D eigenvalue weighted by Gasteiger charge is -2.22. The number of carbonyl (C=O) groups excluding carboxylic acids is 1. The van der Waals surface area contributed by atoms with Crippen molar-refractivity contribution < 1.29 is 9.53 Å². The van der Waals surface area contributed by atoms with Crippen LogP contribution >= 0.6 is 34.0 Å². The molecule has 1 aliphatic heterocycles. The molecule has 0 N–H and O–H groups in total. The first-order chi connectivity index (χ1) is 14.2. The Kier molecular flexibility index (Phi) is 5.17. The molecule has 0 spiro atoms. The van der Waals surface area contributed by atoms with Crippen LogP contribution < -0.4 is 4.90 Å². The lowest BCUT2D eigenvalue weighted by Crippen LogP contribution is -2.37. The number of carbonyl (C=O) groups is 1. The number of nitrogens with zero attached hydrogens (tertiary/aromatic N) is 3. The molecule has 0 saturated carbocycles. The summed E-state index contributed by atoms with van der Waals surface area (Å²) in [6.45, 7) is 3.18. The van der Waals surface area contributed by atoms with Crippen LogP contribution in [-0.2, 0) is 4.74 Å². The van der Waals surface area contributed by atoms with Crippen molar-refractivity contribution in [3.05, 3.63) is 51.7 Å². The van der Waals surface area contributed by atoms with Gasteiger partial charge in [0.1, 0.15) is 9.88 Å². The molecule has 0 unspecified atom stereocenters. The molecule has 8 heteroatoms. The van der Waals surface area contributed by atoms with Gasteiger partial charge in [0.25, 0.3) is 5.91 Å². The third-order valence-corrected chi connectivity index (χ3v) is 7.86. The first-order valence-electron chi connectivity index (χ1n) is 9.48. The lowest BCUT2D eigenvalue weighted by atomic mass is 10.2. The van der Waals surface area contributed by atoms with Gasteiger partial charge in [0.05, 0.1) is 28.6 Å². The number of hydrogen-bond donors (Lipinski definition) is 0. The van der Waals surface area contributed by atoms with Crippen LogP contribution in [0.25, 0.3) is 20.8 Å². The van der Waals surface area contributed by atoms with Gasteiger partial charge in [-0.25, -0.2) is 9.97 Å².